The minimum atomic E-state index is -0.0210. The molecule has 1 heterocycles. The molecule has 1 aromatic carbocycles. The van der Waals surface area contributed by atoms with Gasteiger partial charge in [-0.05, 0) is 58.9 Å². The maximum absolute atomic E-state index is 10.5. The van der Waals surface area contributed by atoms with Crippen molar-refractivity contribution < 1.29 is 14.7 Å². The zero-order valence-electron chi connectivity index (χ0n) is 23.8. The summed E-state index contributed by atoms with van der Waals surface area (Å²) in [5, 5.41) is 16.4. The minimum absolute atomic E-state index is 0.0210. The zero-order chi connectivity index (χ0) is 28.9. The summed E-state index contributed by atoms with van der Waals surface area (Å²) in [5.74, 6) is 0. The third-order valence-corrected chi connectivity index (χ3v) is 4.85. The van der Waals surface area contributed by atoms with E-state index in [1.807, 2.05) is 59.9 Å². The molecule has 0 unspecified atom stereocenters. The highest BCUT2D eigenvalue weighted by atomic mass is 35.5. The Bertz CT molecular complexity index is 765. The third-order valence-electron chi connectivity index (χ3n) is 4.62. The first-order chi connectivity index (χ1) is 17.9. The number of hydrogen-bond donors (Lipinski definition) is 3. The van der Waals surface area contributed by atoms with Gasteiger partial charge in [0.2, 0.25) is 0 Å². The predicted molar refractivity (Wildman–Crippen MR) is 163 cm³/mol. The lowest BCUT2D eigenvalue weighted by Gasteiger charge is -2.32. The van der Waals surface area contributed by atoms with E-state index in [9.17, 15) is 14.7 Å². The number of aliphatic hydroxyl groups excluding tert-OH is 1. The van der Waals surface area contributed by atoms with Gasteiger partial charge in [0.15, 0.2) is 0 Å². The van der Waals surface area contributed by atoms with Gasteiger partial charge < -0.3 is 20.5 Å². The van der Waals surface area contributed by atoms with E-state index < -0.39 is 0 Å². The number of aliphatic hydroxyl groups is 1. The van der Waals surface area contributed by atoms with Gasteiger partial charge in [-0.25, -0.2) is 0 Å². The molecular weight excluding hydrogens is 486 g/mol. The molecule has 0 amide bonds. The van der Waals surface area contributed by atoms with E-state index in [0.29, 0.717) is 17.6 Å². The average molecular weight is 536 g/mol. The molecule has 1 saturated heterocycles. The second-order valence-electron chi connectivity index (χ2n) is 7.53. The van der Waals surface area contributed by atoms with Crippen molar-refractivity contribution in [3.8, 4) is 0 Å². The van der Waals surface area contributed by atoms with Crippen LogP contribution in [0.2, 0.25) is 5.02 Å². The molecule has 1 aromatic rings. The Morgan fingerprint density at radius 3 is 2.14 bits per heavy atom. The number of allylic oxidation sites excluding steroid dienone is 5. The van der Waals surface area contributed by atoms with Gasteiger partial charge in [0.1, 0.15) is 12.6 Å². The van der Waals surface area contributed by atoms with Gasteiger partial charge in [0.05, 0.1) is 13.2 Å². The largest absolute Gasteiger partial charge is 0.392 e. The number of piperidine rings is 1. The summed E-state index contributed by atoms with van der Waals surface area (Å²) in [6.45, 7) is 19.5. The van der Waals surface area contributed by atoms with E-state index >= 15 is 0 Å². The van der Waals surface area contributed by atoms with Crippen molar-refractivity contribution >= 4 is 29.9 Å². The number of anilines is 1. The van der Waals surface area contributed by atoms with E-state index in [2.05, 4.69) is 28.7 Å². The van der Waals surface area contributed by atoms with Crippen molar-refractivity contribution in [2.45, 2.75) is 60.1 Å². The van der Waals surface area contributed by atoms with Crippen LogP contribution in [0.5, 0.6) is 0 Å². The first kappa shape index (κ1) is 39.0. The number of aldehydes is 2. The number of likely N-dealkylation sites (tertiary alicyclic amines) is 1. The summed E-state index contributed by atoms with van der Waals surface area (Å²) in [7, 11) is 1.86. The van der Waals surface area contributed by atoms with E-state index in [4.69, 9.17) is 11.6 Å². The number of halogens is 1. The molecule has 0 saturated carbocycles. The molecule has 0 aromatic heterocycles. The maximum atomic E-state index is 10.5. The molecule has 0 atom stereocenters. The number of likely N-dealkylation sites (N-methyl/N-ethyl adjacent to an activating group) is 1. The quantitative estimate of drug-likeness (QED) is 0.150. The van der Waals surface area contributed by atoms with Gasteiger partial charge in [0.25, 0.3) is 0 Å². The number of hydrogen-bond acceptors (Lipinski definition) is 6. The first-order valence-corrected chi connectivity index (χ1v) is 13.2. The van der Waals surface area contributed by atoms with Crippen LogP contribution in [0.4, 0.5) is 5.69 Å². The molecule has 0 spiro atoms. The topological polar surface area (TPSA) is 81.7 Å². The van der Waals surface area contributed by atoms with Crippen LogP contribution in [-0.4, -0.2) is 61.8 Å². The molecule has 1 aliphatic rings. The van der Waals surface area contributed by atoms with Crippen molar-refractivity contribution in [3.05, 3.63) is 77.9 Å². The van der Waals surface area contributed by atoms with Crippen LogP contribution < -0.4 is 10.6 Å². The SMILES string of the molecule is C/C=C(C=O)\C=C/CNC.C=CC.C=CC.CC.O=CCN1CCC(Nc2ccc(Cl)cc2CO)CC1. The zero-order valence-corrected chi connectivity index (χ0v) is 24.6. The lowest BCUT2D eigenvalue weighted by Crippen LogP contribution is -2.40. The number of carbonyl (C=O) groups excluding carboxylic acids is 2. The number of carbonyl (C=O) groups is 2. The van der Waals surface area contributed by atoms with Crippen molar-refractivity contribution in [2.24, 2.45) is 0 Å². The second kappa shape index (κ2) is 29.7. The fourth-order valence-corrected chi connectivity index (χ4v) is 3.13. The Balaban J connectivity index is -0.000000541. The van der Waals surface area contributed by atoms with E-state index in [0.717, 1.165) is 61.9 Å². The van der Waals surface area contributed by atoms with E-state index in [1.54, 1.807) is 30.4 Å². The molecule has 210 valence electrons. The number of benzene rings is 1. The fraction of sp³-hybridized carbons (Fsp3) is 0.467. The van der Waals surface area contributed by atoms with Gasteiger partial charge in [-0.15, -0.1) is 13.2 Å². The number of nitrogens with zero attached hydrogens (tertiary/aromatic N) is 1. The Morgan fingerprint density at radius 1 is 1.14 bits per heavy atom. The highest BCUT2D eigenvalue weighted by Crippen LogP contribution is 2.23. The molecular formula is C30H50ClN3O3. The Morgan fingerprint density at radius 2 is 1.70 bits per heavy atom. The number of rotatable bonds is 9. The summed E-state index contributed by atoms with van der Waals surface area (Å²) in [5.41, 5.74) is 2.49. The highest BCUT2D eigenvalue weighted by molar-refractivity contribution is 6.30. The van der Waals surface area contributed by atoms with Crippen LogP contribution in [0, 0.1) is 0 Å². The average Bonchev–Trinajstić information content (AvgIpc) is 2.91. The summed E-state index contributed by atoms with van der Waals surface area (Å²) in [4.78, 5) is 22.8. The van der Waals surface area contributed by atoms with Gasteiger partial charge in [-0.1, -0.05) is 55.8 Å². The Hall–Kier alpha value is -2.51. The molecule has 7 heteroatoms. The summed E-state index contributed by atoms with van der Waals surface area (Å²) < 4.78 is 0. The van der Waals surface area contributed by atoms with Gasteiger partial charge in [0, 0.05) is 47.5 Å². The van der Waals surface area contributed by atoms with E-state index in [1.165, 1.54) is 0 Å². The minimum Gasteiger partial charge on any atom is -0.392 e. The lowest BCUT2D eigenvalue weighted by molar-refractivity contribution is -0.109. The molecule has 0 aliphatic carbocycles. The van der Waals surface area contributed by atoms with E-state index in [-0.39, 0.29) is 6.61 Å². The Kier molecular flexibility index (Phi) is 31.3. The maximum Gasteiger partial charge on any atom is 0.149 e. The third kappa shape index (κ3) is 22.4. The highest BCUT2D eigenvalue weighted by Gasteiger charge is 2.19. The van der Waals surface area contributed by atoms with Gasteiger partial charge >= 0.3 is 0 Å². The summed E-state index contributed by atoms with van der Waals surface area (Å²) in [6, 6.07) is 5.90. The van der Waals surface area contributed by atoms with Crippen LogP contribution in [0.1, 0.15) is 53.0 Å². The molecule has 37 heavy (non-hydrogen) atoms. The normalized spacial score (nSPS) is 13.1. The Labute approximate surface area is 231 Å². The standard InChI is InChI=1S/C14H19ClN2O2.C8H13NO.2C3H6.C2H6/c15-12-1-2-14(11(9-12)10-19)16-13-3-5-17(6-4-13)7-8-18;1-3-8(7-10)5-4-6-9-2;2*1-3-2;1-2/h1-2,8-9,13,16,19H,3-7,10H2;3-5,7,9H,6H2,1-2H3;2*3H,1H2,2H3;1-2H3/b;5-4-,8-3+;;;. The molecule has 0 radical (unpaired) electrons. The van der Waals surface area contributed by atoms with Crippen LogP contribution in [0.15, 0.2) is 67.3 Å². The van der Waals surface area contributed by atoms with Crippen molar-refractivity contribution in [1.82, 2.24) is 10.2 Å². The molecule has 1 fully saturated rings. The molecule has 2 rings (SSSR count). The monoisotopic (exact) mass is 535 g/mol. The molecule has 6 nitrogen and oxygen atoms in total. The van der Waals surface area contributed by atoms with Crippen LogP contribution in [0.25, 0.3) is 0 Å². The van der Waals surface area contributed by atoms with Gasteiger partial charge in [-0.3, -0.25) is 9.69 Å². The molecule has 0 bridgehead atoms. The first-order valence-electron chi connectivity index (χ1n) is 12.8. The molecule has 1 aliphatic heterocycles. The fourth-order valence-electron chi connectivity index (χ4n) is 2.94. The van der Waals surface area contributed by atoms with Crippen molar-refractivity contribution in [3.63, 3.8) is 0 Å². The second-order valence-corrected chi connectivity index (χ2v) is 7.96. The molecule has 3 N–H and O–H groups in total. The van der Waals surface area contributed by atoms with Crippen molar-refractivity contribution in [2.75, 3.05) is 38.5 Å². The van der Waals surface area contributed by atoms with Gasteiger partial charge in [-0.2, -0.15) is 0 Å². The van der Waals surface area contributed by atoms with Crippen LogP contribution in [-0.2, 0) is 16.2 Å². The predicted octanol–water partition coefficient (Wildman–Crippen LogP) is 6.23. The smallest absolute Gasteiger partial charge is 0.149 e. The van der Waals surface area contributed by atoms with Crippen LogP contribution in [0.3, 0.4) is 0 Å². The lowest BCUT2D eigenvalue weighted by atomic mass is 10.0. The summed E-state index contributed by atoms with van der Waals surface area (Å²) in [6.07, 6.45) is 12.8. The number of nitrogens with one attached hydrogen (secondary N) is 2. The summed E-state index contributed by atoms with van der Waals surface area (Å²) >= 11 is 5.91. The van der Waals surface area contributed by atoms with Crippen molar-refractivity contribution in [1.29, 1.82) is 0 Å². The van der Waals surface area contributed by atoms with Crippen LogP contribution >= 0.6 is 11.6 Å².